The van der Waals surface area contributed by atoms with Gasteiger partial charge in [0.2, 0.25) is 0 Å². The maximum Gasteiger partial charge on any atom is 0.325 e. The summed E-state index contributed by atoms with van der Waals surface area (Å²) in [5, 5.41) is 14.1. The zero-order chi connectivity index (χ0) is 14.8. The average molecular weight is 291 g/mol. The van der Waals surface area contributed by atoms with Crippen molar-refractivity contribution in [3.05, 3.63) is 40.3 Å². The molecule has 21 heavy (non-hydrogen) atoms. The minimum atomic E-state index is -0.531. The predicted molar refractivity (Wildman–Crippen MR) is 77.8 cm³/mol. The third kappa shape index (κ3) is 3.08. The summed E-state index contributed by atoms with van der Waals surface area (Å²) in [5.74, 6) is 0. The Morgan fingerprint density at radius 1 is 1.43 bits per heavy atom. The molecule has 0 fully saturated rings. The van der Waals surface area contributed by atoms with Gasteiger partial charge in [-0.05, 0) is 19.4 Å². The van der Waals surface area contributed by atoms with E-state index in [0.717, 1.165) is 44.0 Å². The molecule has 0 radical (unpaired) electrons. The molecule has 1 atom stereocenters. The first-order chi connectivity index (χ1) is 10.1. The number of nitrogens with zero attached hydrogens (tertiary/aromatic N) is 4. The number of aryl methyl sites for hydroxylation is 1. The third-order valence-corrected chi connectivity index (χ3v) is 3.92. The van der Waals surface area contributed by atoms with Gasteiger partial charge in [0.25, 0.3) is 0 Å². The molecular weight excluding hydrogens is 270 g/mol. The molecule has 7 heteroatoms. The number of imidazole rings is 1. The topological polar surface area (TPSA) is 79.1 Å². The van der Waals surface area contributed by atoms with E-state index in [4.69, 9.17) is 0 Å². The fourth-order valence-electron chi connectivity index (χ4n) is 2.72. The molecule has 0 saturated carbocycles. The van der Waals surface area contributed by atoms with Crippen LogP contribution in [-0.2, 0) is 19.6 Å². The van der Waals surface area contributed by atoms with Crippen molar-refractivity contribution < 1.29 is 5.11 Å². The van der Waals surface area contributed by atoms with E-state index in [9.17, 15) is 9.90 Å². The van der Waals surface area contributed by atoms with Crippen LogP contribution >= 0.6 is 0 Å². The molecule has 0 amide bonds. The largest absolute Gasteiger partial charge is 0.387 e. The summed E-state index contributed by atoms with van der Waals surface area (Å²) >= 11 is 0. The number of aromatic amines is 1. The van der Waals surface area contributed by atoms with Crippen LogP contribution in [0.5, 0.6) is 0 Å². The van der Waals surface area contributed by atoms with E-state index in [0.29, 0.717) is 6.54 Å². The van der Waals surface area contributed by atoms with E-state index < -0.39 is 6.10 Å². The highest BCUT2D eigenvalue weighted by Crippen LogP contribution is 2.17. The second kappa shape index (κ2) is 5.87. The molecule has 0 bridgehead atoms. The Kier molecular flexibility index (Phi) is 3.94. The van der Waals surface area contributed by atoms with Crippen LogP contribution < -0.4 is 5.69 Å². The maximum absolute atomic E-state index is 11.5. The molecule has 2 aromatic heterocycles. The Morgan fingerprint density at radius 3 is 3.00 bits per heavy atom. The Labute approximate surface area is 122 Å². The summed E-state index contributed by atoms with van der Waals surface area (Å²) in [6, 6.07) is 1.98. The number of aromatic nitrogens is 4. The van der Waals surface area contributed by atoms with Crippen LogP contribution in [0.1, 0.15) is 30.8 Å². The van der Waals surface area contributed by atoms with Gasteiger partial charge in [-0.25, -0.2) is 4.79 Å². The minimum Gasteiger partial charge on any atom is -0.387 e. The number of rotatable bonds is 4. The molecule has 3 rings (SSSR count). The van der Waals surface area contributed by atoms with E-state index in [-0.39, 0.29) is 5.69 Å². The van der Waals surface area contributed by atoms with Gasteiger partial charge < -0.3 is 10.1 Å². The molecule has 2 N–H and O–H groups in total. The first-order valence-corrected chi connectivity index (χ1v) is 7.34. The van der Waals surface area contributed by atoms with Crippen LogP contribution in [0.4, 0.5) is 0 Å². The first-order valence-electron chi connectivity index (χ1n) is 7.34. The lowest BCUT2D eigenvalue weighted by molar-refractivity contribution is 0.193. The Hall–Kier alpha value is -1.86. The molecule has 7 nitrogen and oxygen atoms in total. The number of hydrogen-bond donors (Lipinski definition) is 2. The monoisotopic (exact) mass is 291 g/mol. The molecule has 0 spiro atoms. The Morgan fingerprint density at radius 2 is 2.29 bits per heavy atom. The maximum atomic E-state index is 11.5. The average Bonchev–Trinajstić information content (AvgIpc) is 2.98. The summed E-state index contributed by atoms with van der Waals surface area (Å²) in [7, 11) is 0. The lowest BCUT2D eigenvalue weighted by atomic mass is 10.2. The number of aliphatic hydroxyl groups excluding tert-OH is 1. The molecule has 3 heterocycles. The van der Waals surface area contributed by atoms with Crippen molar-refractivity contribution in [2.45, 2.75) is 39.1 Å². The van der Waals surface area contributed by atoms with Crippen LogP contribution in [0.2, 0.25) is 0 Å². The van der Waals surface area contributed by atoms with Crippen molar-refractivity contribution in [3.63, 3.8) is 0 Å². The van der Waals surface area contributed by atoms with Gasteiger partial charge in [0, 0.05) is 45.1 Å². The van der Waals surface area contributed by atoms with E-state index in [1.54, 1.807) is 23.9 Å². The van der Waals surface area contributed by atoms with Gasteiger partial charge in [-0.2, -0.15) is 5.10 Å². The van der Waals surface area contributed by atoms with Crippen molar-refractivity contribution >= 4 is 0 Å². The second-order valence-corrected chi connectivity index (χ2v) is 5.55. The standard InChI is InChI=1S/C14H21N5O2/c1-11(20)13-9-12-10-17(4-2-5-19(12)16-13)7-8-18-6-3-15-14(18)21/h3,6,9,11,20H,2,4-5,7-8,10H2,1H3,(H,15,21)/t11-/m0/s1. The van der Waals surface area contributed by atoms with Crippen molar-refractivity contribution in [2.75, 3.05) is 13.1 Å². The summed E-state index contributed by atoms with van der Waals surface area (Å²) in [4.78, 5) is 16.5. The summed E-state index contributed by atoms with van der Waals surface area (Å²) in [6.07, 6.45) is 3.93. The molecule has 0 aromatic carbocycles. The molecule has 1 aliphatic heterocycles. The first kappa shape index (κ1) is 14.1. The van der Waals surface area contributed by atoms with E-state index in [1.807, 2.05) is 10.7 Å². The van der Waals surface area contributed by atoms with Crippen LogP contribution in [0.3, 0.4) is 0 Å². The summed E-state index contributed by atoms with van der Waals surface area (Å²) < 4.78 is 3.67. The molecule has 0 saturated heterocycles. The molecule has 114 valence electrons. The number of fused-ring (bicyclic) bond motifs is 1. The van der Waals surface area contributed by atoms with Crippen LogP contribution in [0.15, 0.2) is 23.3 Å². The quantitative estimate of drug-likeness (QED) is 0.851. The number of H-pyrrole nitrogens is 1. The Balaban J connectivity index is 1.67. The van der Waals surface area contributed by atoms with Crippen molar-refractivity contribution in [1.82, 2.24) is 24.2 Å². The van der Waals surface area contributed by atoms with E-state index in [2.05, 4.69) is 15.0 Å². The Bertz CT molecular complexity index is 654. The van der Waals surface area contributed by atoms with Crippen LogP contribution in [0, 0.1) is 0 Å². The third-order valence-electron chi connectivity index (χ3n) is 3.92. The fourth-order valence-corrected chi connectivity index (χ4v) is 2.72. The highest BCUT2D eigenvalue weighted by atomic mass is 16.3. The van der Waals surface area contributed by atoms with Gasteiger partial charge >= 0.3 is 5.69 Å². The van der Waals surface area contributed by atoms with Crippen LogP contribution in [-0.4, -0.2) is 42.4 Å². The highest BCUT2D eigenvalue weighted by molar-refractivity contribution is 5.13. The minimum absolute atomic E-state index is 0.0637. The van der Waals surface area contributed by atoms with Gasteiger partial charge in [0.15, 0.2) is 0 Å². The highest BCUT2D eigenvalue weighted by Gasteiger charge is 2.18. The van der Waals surface area contributed by atoms with Gasteiger partial charge in [0.05, 0.1) is 17.5 Å². The molecular formula is C14H21N5O2. The number of aliphatic hydroxyl groups is 1. The normalized spacial score (nSPS) is 17.4. The lowest BCUT2D eigenvalue weighted by Gasteiger charge is -2.19. The van der Waals surface area contributed by atoms with Gasteiger partial charge in [-0.15, -0.1) is 0 Å². The van der Waals surface area contributed by atoms with Crippen LogP contribution in [0.25, 0.3) is 0 Å². The number of nitrogens with one attached hydrogen (secondary N) is 1. The van der Waals surface area contributed by atoms with Crippen molar-refractivity contribution in [2.24, 2.45) is 0 Å². The second-order valence-electron chi connectivity index (χ2n) is 5.55. The van der Waals surface area contributed by atoms with Crippen molar-refractivity contribution in [1.29, 1.82) is 0 Å². The number of hydrogen-bond acceptors (Lipinski definition) is 4. The fraction of sp³-hybridized carbons (Fsp3) is 0.571. The molecule has 0 aliphatic carbocycles. The van der Waals surface area contributed by atoms with Gasteiger partial charge in [-0.3, -0.25) is 14.1 Å². The zero-order valence-corrected chi connectivity index (χ0v) is 12.2. The van der Waals surface area contributed by atoms with E-state index >= 15 is 0 Å². The summed E-state index contributed by atoms with van der Waals surface area (Å²) in [6.45, 7) is 5.92. The summed E-state index contributed by atoms with van der Waals surface area (Å²) in [5.41, 5.74) is 1.80. The SMILES string of the molecule is C[C@H](O)c1cc2n(n1)CCCN(CCn1cc[nH]c1=O)C2. The predicted octanol–water partition coefficient (Wildman–Crippen LogP) is 0.332. The lowest BCUT2D eigenvalue weighted by Crippen LogP contribution is -2.30. The smallest absolute Gasteiger partial charge is 0.325 e. The van der Waals surface area contributed by atoms with E-state index in [1.165, 1.54) is 0 Å². The molecule has 0 unspecified atom stereocenters. The zero-order valence-electron chi connectivity index (χ0n) is 12.2. The van der Waals surface area contributed by atoms with Gasteiger partial charge in [-0.1, -0.05) is 0 Å². The molecule has 1 aliphatic rings. The van der Waals surface area contributed by atoms with Crippen molar-refractivity contribution in [3.8, 4) is 0 Å². The molecule has 2 aromatic rings. The van der Waals surface area contributed by atoms with Gasteiger partial charge in [0.1, 0.15) is 0 Å².